The first kappa shape index (κ1) is 14.3. The largest absolute Gasteiger partial charge is 0.440 e. The molecule has 114 valence electrons. The van der Waals surface area contributed by atoms with Crippen molar-refractivity contribution in [2.24, 2.45) is 0 Å². The van der Waals surface area contributed by atoms with Gasteiger partial charge in [0.05, 0.1) is 6.54 Å². The minimum absolute atomic E-state index is 0.0327. The van der Waals surface area contributed by atoms with Gasteiger partial charge in [-0.3, -0.25) is 9.59 Å². The highest BCUT2D eigenvalue weighted by molar-refractivity contribution is 5.97. The molecule has 1 aliphatic carbocycles. The number of hydrogen-bond acceptors (Lipinski definition) is 4. The van der Waals surface area contributed by atoms with Crippen LogP contribution in [-0.4, -0.2) is 35.3 Å². The van der Waals surface area contributed by atoms with Gasteiger partial charge in [0.15, 0.2) is 11.5 Å². The maximum absolute atomic E-state index is 11.9. The Hall–Kier alpha value is -2.63. The highest BCUT2D eigenvalue weighted by Crippen LogP contribution is 2.40. The van der Waals surface area contributed by atoms with Crippen LogP contribution in [0.2, 0.25) is 0 Å². The number of carbonyl (C=O) groups excluding carboxylic acids is 2. The Morgan fingerprint density at radius 1 is 1.50 bits per heavy atom. The van der Waals surface area contributed by atoms with E-state index in [9.17, 15) is 9.59 Å². The average Bonchev–Trinajstić information content (AvgIpc) is 3.26. The molecule has 0 atom stereocenters. The Kier molecular flexibility index (Phi) is 3.66. The van der Waals surface area contributed by atoms with Crippen LogP contribution in [0.4, 0.5) is 5.69 Å². The summed E-state index contributed by atoms with van der Waals surface area (Å²) in [5.41, 5.74) is 2.08. The molecule has 1 heterocycles. The minimum Gasteiger partial charge on any atom is -0.440 e. The molecular weight excluding hydrogens is 282 g/mol. The number of rotatable bonds is 5. The molecule has 0 radical (unpaired) electrons. The molecule has 0 aliphatic heterocycles. The van der Waals surface area contributed by atoms with Gasteiger partial charge in [0.2, 0.25) is 11.8 Å². The van der Waals surface area contributed by atoms with Gasteiger partial charge in [0.25, 0.3) is 0 Å². The van der Waals surface area contributed by atoms with Crippen molar-refractivity contribution >= 4 is 28.6 Å². The Labute approximate surface area is 127 Å². The first-order valence-corrected chi connectivity index (χ1v) is 7.14. The number of oxazole rings is 1. The van der Waals surface area contributed by atoms with Crippen molar-refractivity contribution in [3.8, 4) is 0 Å². The Morgan fingerprint density at radius 3 is 2.95 bits per heavy atom. The van der Waals surface area contributed by atoms with Crippen molar-refractivity contribution in [2.75, 3.05) is 18.9 Å². The van der Waals surface area contributed by atoms with Crippen molar-refractivity contribution in [2.45, 2.75) is 18.8 Å². The maximum Gasteiger partial charge on any atom is 0.246 e. The van der Waals surface area contributed by atoms with E-state index in [2.05, 4.69) is 16.9 Å². The molecule has 6 nitrogen and oxygen atoms in total. The summed E-state index contributed by atoms with van der Waals surface area (Å²) in [5, 5.41) is 2.75. The summed E-state index contributed by atoms with van der Waals surface area (Å²) in [6.07, 6.45) is 3.42. The molecule has 1 aliphatic rings. The first-order valence-electron chi connectivity index (χ1n) is 7.14. The lowest BCUT2D eigenvalue weighted by Gasteiger charge is -2.14. The van der Waals surface area contributed by atoms with E-state index in [-0.39, 0.29) is 18.4 Å². The molecule has 0 bridgehead atoms. The molecule has 1 fully saturated rings. The van der Waals surface area contributed by atoms with Crippen LogP contribution >= 0.6 is 0 Å². The second-order valence-corrected chi connectivity index (χ2v) is 5.46. The third-order valence-electron chi connectivity index (χ3n) is 3.55. The predicted octanol–water partition coefficient (Wildman–Crippen LogP) is 2.29. The topological polar surface area (TPSA) is 75.4 Å². The fourth-order valence-electron chi connectivity index (χ4n) is 2.18. The second-order valence-electron chi connectivity index (χ2n) is 5.46. The van der Waals surface area contributed by atoms with Crippen molar-refractivity contribution in [3.63, 3.8) is 0 Å². The summed E-state index contributed by atoms with van der Waals surface area (Å²) in [5.74, 6) is 0.651. The van der Waals surface area contributed by atoms with Gasteiger partial charge in [-0.2, -0.15) is 0 Å². The van der Waals surface area contributed by atoms with Gasteiger partial charge < -0.3 is 14.6 Å². The number of anilines is 1. The lowest BCUT2D eigenvalue weighted by molar-refractivity contribution is -0.129. The molecule has 2 aromatic rings. The number of nitrogens with zero attached hydrogens (tertiary/aromatic N) is 2. The molecule has 6 heteroatoms. The number of likely N-dealkylation sites (N-methyl/N-ethyl adjacent to an activating group) is 1. The van der Waals surface area contributed by atoms with Gasteiger partial charge in [-0.05, 0) is 37.1 Å². The van der Waals surface area contributed by atoms with Gasteiger partial charge in [0, 0.05) is 18.7 Å². The SMILES string of the molecule is C=CC(=O)N(C)CC(=O)Nc1ccc2oc(C3CC3)nc2c1. The van der Waals surface area contributed by atoms with E-state index in [1.807, 2.05) is 0 Å². The third kappa shape index (κ3) is 3.00. The Morgan fingerprint density at radius 2 is 2.27 bits per heavy atom. The van der Waals surface area contributed by atoms with Crippen LogP contribution in [0.5, 0.6) is 0 Å². The molecule has 0 spiro atoms. The van der Waals surface area contributed by atoms with Crippen LogP contribution in [-0.2, 0) is 9.59 Å². The lowest BCUT2D eigenvalue weighted by atomic mass is 10.3. The molecule has 0 unspecified atom stereocenters. The number of amides is 2. The summed E-state index contributed by atoms with van der Waals surface area (Å²) in [4.78, 5) is 29.0. The van der Waals surface area contributed by atoms with Gasteiger partial charge in [0.1, 0.15) is 5.52 Å². The van der Waals surface area contributed by atoms with Crippen LogP contribution in [0.25, 0.3) is 11.1 Å². The Bertz CT molecular complexity index is 746. The van der Waals surface area contributed by atoms with Crippen LogP contribution in [0.1, 0.15) is 24.7 Å². The number of fused-ring (bicyclic) bond motifs is 1. The van der Waals surface area contributed by atoms with Crippen molar-refractivity contribution in [1.29, 1.82) is 0 Å². The van der Waals surface area contributed by atoms with Gasteiger partial charge in [-0.1, -0.05) is 6.58 Å². The second kappa shape index (κ2) is 5.63. The van der Waals surface area contributed by atoms with Crippen molar-refractivity contribution < 1.29 is 14.0 Å². The monoisotopic (exact) mass is 299 g/mol. The predicted molar refractivity (Wildman–Crippen MR) is 82.4 cm³/mol. The first-order chi connectivity index (χ1) is 10.6. The summed E-state index contributed by atoms with van der Waals surface area (Å²) in [6, 6.07) is 5.33. The minimum atomic E-state index is -0.295. The van der Waals surface area contributed by atoms with Crippen molar-refractivity contribution in [3.05, 3.63) is 36.7 Å². The summed E-state index contributed by atoms with van der Waals surface area (Å²) < 4.78 is 5.67. The number of aromatic nitrogens is 1. The zero-order valence-electron chi connectivity index (χ0n) is 12.3. The maximum atomic E-state index is 11.9. The molecule has 3 rings (SSSR count). The van der Waals surface area contributed by atoms with Crippen LogP contribution in [0, 0.1) is 0 Å². The molecule has 1 saturated carbocycles. The van der Waals surface area contributed by atoms with E-state index in [0.29, 0.717) is 11.6 Å². The average molecular weight is 299 g/mol. The van der Waals surface area contributed by atoms with Gasteiger partial charge in [-0.15, -0.1) is 0 Å². The van der Waals surface area contributed by atoms with E-state index < -0.39 is 0 Å². The fourth-order valence-corrected chi connectivity index (χ4v) is 2.18. The summed E-state index contributed by atoms with van der Waals surface area (Å²) in [7, 11) is 1.55. The molecular formula is C16H17N3O3. The van der Waals surface area contributed by atoms with Gasteiger partial charge >= 0.3 is 0 Å². The van der Waals surface area contributed by atoms with Crippen molar-refractivity contribution in [1.82, 2.24) is 9.88 Å². The van der Waals surface area contributed by atoms with E-state index in [4.69, 9.17) is 4.42 Å². The molecule has 1 aromatic heterocycles. The van der Waals surface area contributed by atoms with E-state index in [0.717, 1.165) is 29.8 Å². The van der Waals surface area contributed by atoms with Crippen LogP contribution in [0.15, 0.2) is 35.3 Å². The van der Waals surface area contributed by atoms with Gasteiger partial charge in [-0.25, -0.2) is 4.98 Å². The fraction of sp³-hybridized carbons (Fsp3) is 0.312. The zero-order chi connectivity index (χ0) is 15.7. The third-order valence-corrected chi connectivity index (χ3v) is 3.55. The molecule has 0 saturated heterocycles. The lowest BCUT2D eigenvalue weighted by Crippen LogP contribution is -2.33. The number of benzene rings is 1. The number of carbonyl (C=O) groups is 2. The zero-order valence-corrected chi connectivity index (χ0v) is 12.3. The highest BCUT2D eigenvalue weighted by Gasteiger charge is 2.28. The smallest absolute Gasteiger partial charge is 0.246 e. The van der Waals surface area contributed by atoms with E-state index in [1.165, 1.54) is 11.0 Å². The number of nitrogens with one attached hydrogen (secondary N) is 1. The standard InChI is InChI=1S/C16H17N3O3/c1-3-15(21)19(2)9-14(20)17-11-6-7-13-12(8-11)18-16(22-13)10-4-5-10/h3,6-8,10H,1,4-5,9H2,2H3,(H,17,20). The van der Waals surface area contributed by atoms with Crippen LogP contribution in [0.3, 0.4) is 0 Å². The summed E-state index contributed by atoms with van der Waals surface area (Å²) in [6.45, 7) is 3.35. The molecule has 2 amide bonds. The highest BCUT2D eigenvalue weighted by atomic mass is 16.3. The number of hydrogen-bond donors (Lipinski definition) is 1. The van der Waals surface area contributed by atoms with E-state index >= 15 is 0 Å². The molecule has 1 N–H and O–H groups in total. The summed E-state index contributed by atoms with van der Waals surface area (Å²) >= 11 is 0. The molecule has 1 aromatic carbocycles. The Balaban J connectivity index is 1.69. The van der Waals surface area contributed by atoms with E-state index in [1.54, 1.807) is 25.2 Å². The quantitative estimate of drug-likeness (QED) is 0.859. The normalized spacial score (nSPS) is 13.9. The van der Waals surface area contributed by atoms with Crippen LogP contribution < -0.4 is 5.32 Å². The molecule has 22 heavy (non-hydrogen) atoms.